The second-order valence-corrected chi connectivity index (χ2v) is 4.92. The standard InChI is InChI=1S/C15H13N3O3/c16-7-10(13(19)8-21-15(20)9-5-6-9)14-17-11-3-1-2-4-12(11)18-14/h1-4,9,19H,5-6,8H2,(H,17,18). The number of allylic oxidation sites excluding steroid dienone is 1. The number of carbonyl (C=O) groups is 1. The molecule has 2 aromatic rings. The highest BCUT2D eigenvalue weighted by molar-refractivity contribution is 5.83. The molecule has 1 heterocycles. The monoisotopic (exact) mass is 283 g/mol. The predicted molar refractivity (Wildman–Crippen MR) is 74.9 cm³/mol. The number of aliphatic hydroxyl groups excluding tert-OH is 1. The Labute approximate surface area is 120 Å². The molecule has 0 radical (unpaired) electrons. The molecular formula is C15H13N3O3. The van der Waals surface area contributed by atoms with Crippen LogP contribution in [0.5, 0.6) is 0 Å². The number of imidazole rings is 1. The molecule has 0 amide bonds. The second-order valence-electron chi connectivity index (χ2n) is 4.92. The third-order valence-corrected chi connectivity index (χ3v) is 3.29. The van der Waals surface area contributed by atoms with Crippen molar-refractivity contribution in [2.24, 2.45) is 5.92 Å². The number of aromatic nitrogens is 2. The molecule has 1 aromatic carbocycles. The number of esters is 1. The van der Waals surface area contributed by atoms with E-state index in [1.807, 2.05) is 24.3 Å². The van der Waals surface area contributed by atoms with Crippen LogP contribution in [0.3, 0.4) is 0 Å². The van der Waals surface area contributed by atoms with Gasteiger partial charge >= 0.3 is 5.97 Å². The first-order valence-electron chi connectivity index (χ1n) is 6.63. The number of rotatable bonds is 4. The van der Waals surface area contributed by atoms with Gasteiger partial charge < -0.3 is 14.8 Å². The molecule has 0 unspecified atom stereocenters. The molecule has 1 saturated carbocycles. The van der Waals surface area contributed by atoms with Gasteiger partial charge in [-0.3, -0.25) is 4.79 Å². The Hall–Kier alpha value is -2.81. The van der Waals surface area contributed by atoms with Gasteiger partial charge in [0, 0.05) is 0 Å². The summed E-state index contributed by atoms with van der Waals surface area (Å²) in [6, 6.07) is 9.19. The molecule has 3 rings (SSSR count). The topological polar surface area (TPSA) is 99.0 Å². The largest absolute Gasteiger partial charge is 0.507 e. The summed E-state index contributed by atoms with van der Waals surface area (Å²) < 4.78 is 4.97. The van der Waals surface area contributed by atoms with Gasteiger partial charge in [0.25, 0.3) is 0 Å². The predicted octanol–water partition coefficient (Wildman–Crippen LogP) is 2.31. The number of carbonyl (C=O) groups excluding carboxylic acids is 1. The first kappa shape index (κ1) is 13.2. The summed E-state index contributed by atoms with van der Waals surface area (Å²) in [4.78, 5) is 18.6. The molecule has 21 heavy (non-hydrogen) atoms. The lowest BCUT2D eigenvalue weighted by Crippen LogP contribution is -2.10. The highest BCUT2D eigenvalue weighted by Gasteiger charge is 2.31. The molecule has 0 bridgehead atoms. The van der Waals surface area contributed by atoms with E-state index < -0.39 is 0 Å². The maximum Gasteiger partial charge on any atom is 0.309 e. The van der Waals surface area contributed by atoms with Crippen molar-refractivity contribution in [1.29, 1.82) is 5.26 Å². The Morgan fingerprint density at radius 2 is 2.24 bits per heavy atom. The molecule has 2 N–H and O–H groups in total. The zero-order chi connectivity index (χ0) is 14.8. The SMILES string of the molecule is N#CC(=C(O)COC(=O)C1CC1)c1nc2ccccc2[nH]1. The summed E-state index contributed by atoms with van der Waals surface area (Å²) in [6.45, 7) is -0.310. The fraction of sp³-hybridized carbons (Fsp3) is 0.267. The zero-order valence-corrected chi connectivity index (χ0v) is 11.2. The Morgan fingerprint density at radius 1 is 1.48 bits per heavy atom. The minimum atomic E-state index is -0.330. The fourth-order valence-corrected chi connectivity index (χ4v) is 1.97. The molecule has 1 aliphatic carbocycles. The van der Waals surface area contributed by atoms with Crippen molar-refractivity contribution in [3.8, 4) is 6.07 Å². The summed E-state index contributed by atoms with van der Waals surface area (Å²) in [5.41, 5.74) is 1.45. The van der Waals surface area contributed by atoms with Crippen molar-refractivity contribution >= 4 is 22.6 Å². The number of para-hydroxylation sites is 2. The summed E-state index contributed by atoms with van der Waals surface area (Å²) in [5, 5.41) is 19.2. The number of aromatic amines is 1. The Bertz CT molecular complexity index is 733. The van der Waals surface area contributed by atoms with Gasteiger partial charge in [0.05, 0.1) is 17.0 Å². The van der Waals surface area contributed by atoms with Gasteiger partial charge in [-0.25, -0.2) is 4.98 Å². The van der Waals surface area contributed by atoms with Gasteiger partial charge in [0.15, 0.2) is 11.6 Å². The highest BCUT2D eigenvalue weighted by atomic mass is 16.5. The number of ether oxygens (including phenoxy) is 1. The molecule has 1 fully saturated rings. The first-order valence-corrected chi connectivity index (χ1v) is 6.63. The molecule has 1 aliphatic rings. The fourth-order valence-electron chi connectivity index (χ4n) is 1.97. The molecule has 0 aliphatic heterocycles. The van der Waals surface area contributed by atoms with Crippen molar-refractivity contribution in [2.45, 2.75) is 12.8 Å². The van der Waals surface area contributed by atoms with E-state index >= 15 is 0 Å². The molecule has 6 heteroatoms. The summed E-state index contributed by atoms with van der Waals surface area (Å²) in [7, 11) is 0. The van der Waals surface area contributed by atoms with Gasteiger partial charge in [0.1, 0.15) is 18.2 Å². The van der Waals surface area contributed by atoms with Crippen molar-refractivity contribution in [1.82, 2.24) is 9.97 Å². The van der Waals surface area contributed by atoms with E-state index in [1.54, 1.807) is 6.07 Å². The first-order chi connectivity index (χ1) is 10.2. The van der Waals surface area contributed by atoms with Crippen LogP contribution in [0.1, 0.15) is 18.7 Å². The van der Waals surface area contributed by atoms with E-state index in [0.717, 1.165) is 18.4 Å². The maximum atomic E-state index is 11.4. The lowest BCUT2D eigenvalue weighted by atomic mass is 10.2. The molecule has 0 saturated heterocycles. The van der Waals surface area contributed by atoms with Crippen LogP contribution in [0.15, 0.2) is 30.0 Å². The van der Waals surface area contributed by atoms with E-state index in [4.69, 9.17) is 4.74 Å². The smallest absolute Gasteiger partial charge is 0.309 e. The highest BCUT2D eigenvalue weighted by Crippen LogP contribution is 2.30. The second kappa shape index (κ2) is 5.29. The number of nitriles is 1. The summed E-state index contributed by atoms with van der Waals surface area (Å²) >= 11 is 0. The van der Waals surface area contributed by atoms with E-state index in [2.05, 4.69) is 9.97 Å². The van der Waals surface area contributed by atoms with Gasteiger partial charge in [-0.05, 0) is 25.0 Å². The van der Waals surface area contributed by atoms with E-state index in [-0.39, 0.29) is 35.7 Å². The number of H-pyrrole nitrogens is 1. The van der Waals surface area contributed by atoms with Crippen LogP contribution in [0.25, 0.3) is 16.6 Å². The third-order valence-electron chi connectivity index (χ3n) is 3.29. The molecule has 0 spiro atoms. The zero-order valence-electron chi connectivity index (χ0n) is 11.2. The summed E-state index contributed by atoms with van der Waals surface area (Å²) in [6.07, 6.45) is 1.66. The summed E-state index contributed by atoms with van der Waals surface area (Å²) in [5.74, 6) is -0.415. The normalized spacial score (nSPS) is 15.4. The molecule has 6 nitrogen and oxygen atoms in total. The number of aliphatic hydroxyl groups is 1. The van der Waals surface area contributed by atoms with E-state index in [1.165, 1.54) is 0 Å². The Balaban J connectivity index is 1.83. The average Bonchev–Trinajstić information content (AvgIpc) is 3.25. The molecule has 1 aromatic heterocycles. The van der Waals surface area contributed by atoms with Crippen LogP contribution in [-0.2, 0) is 9.53 Å². The third kappa shape index (κ3) is 2.72. The van der Waals surface area contributed by atoms with Crippen molar-refractivity contribution in [3.63, 3.8) is 0 Å². The lowest BCUT2D eigenvalue weighted by Gasteiger charge is -2.04. The van der Waals surface area contributed by atoms with Gasteiger partial charge in [-0.1, -0.05) is 12.1 Å². The average molecular weight is 283 g/mol. The number of nitrogens with one attached hydrogen (secondary N) is 1. The van der Waals surface area contributed by atoms with Crippen LogP contribution in [0, 0.1) is 17.2 Å². The van der Waals surface area contributed by atoms with Crippen LogP contribution in [-0.4, -0.2) is 27.7 Å². The number of nitrogens with zero attached hydrogens (tertiary/aromatic N) is 2. The van der Waals surface area contributed by atoms with Crippen LogP contribution in [0.2, 0.25) is 0 Å². The van der Waals surface area contributed by atoms with Gasteiger partial charge in [0.2, 0.25) is 0 Å². The Kier molecular flexibility index (Phi) is 3.32. The minimum absolute atomic E-state index is 0.0187. The number of hydrogen-bond donors (Lipinski definition) is 2. The number of benzene rings is 1. The Morgan fingerprint density at radius 3 is 2.90 bits per heavy atom. The molecular weight excluding hydrogens is 270 g/mol. The number of hydrogen-bond acceptors (Lipinski definition) is 5. The van der Waals surface area contributed by atoms with Crippen LogP contribution < -0.4 is 0 Å². The quantitative estimate of drug-likeness (QED) is 0.509. The van der Waals surface area contributed by atoms with Gasteiger partial charge in [-0.2, -0.15) is 5.26 Å². The maximum absolute atomic E-state index is 11.4. The van der Waals surface area contributed by atoms with Gasteiger partial charge in [-0.15, -0.1) is 0 Å². The molecule has 0 atom stereocenters. The van der Waals surface area contributed by atoms with Crippen LogP contribution >= 0.6 is 0 Å². The van der Waals surface area contributed by atoms with E-state index in [9.17, 15) is 15.2 Å². The molecule has 106 valence electrons. The van der Waals surface area contributed by atoms with Crippen molar-refractivity contribution in [3.05, 3.63) is 35.8 Å². The van der Waals surface area contributed by atoms with Crippen LogP contribution in [0.4, 0.5) is 0 Å². The minimum Gasteiger partial charge on any atom is -0.507 e. The number of fused-ring (bicyclic) bond motifs is 1. The van der Waals surface area contributed by atoms with Crippen molar-refractivity contribution < 1.29 is 14.6 Å². The van der Waals surface area contributed by atoms with Crippen molar-refractivity contribution in [2.75, 3.05) is 6.61 Å². The lowest BCUT2D eigenvalue weighted by molar-refractivity contribution is -0.144. The van der Waals surface area contributed by atoms with E-state index in [0.29, 0.717) is 5.52 Å².